The second kappa shape index (κ2) is 6.30. The van der Waals surface area contributed by atoms with E-state index in [0.717, 1.165) is 6.42 Å². The van der Waals surface area contributed by atoms with Crippen LogP contribution in [0.2, 0.25) is 5.02 Å². The third-order valence-electron chi connectivity index (χ3n) is 3.09. The fourth-order valence-corrected chi connectivity index (χ4v) is 3.66. The van der Waals surface area contributed by atoms with Crippen LogP contribution in [0.4, 0.5) is 5.69 Å². The maximum Gasteiger partial charge on any atom is 0.241 e. The van der Waals surface area contributed by atoms with E-state index in [9.17, 15) is 13.5 Å². The number of aliphatic hydroxyl groups is 1. The molecule has 1 rings (SSSR count). The molecule has 20 heavy (non-hydrogen) atoms. The summed E-state index contributed by atoms with van der Waals surface area (Å²) in [6.45, 7) is 5.07. The van der Waals surface area contributed by atoms with Gasteiger partial charge in [0.05, 0.1) is 10.5 Å². The Hall–Kier alpha value is -0.820. The predicted octanol–water partition coefficient (Wildman–Crippen LogP) is 2.06. The van der Waals surface area contributed by atoms with Crippen molar-refractivity contribution in [2.45, 2.75) is 44.1 Å². The Morgan fingerprint density at radius 1 is 1.45 bits per heavy atom. The molecule has 0 radical (unpaired) electrons. The SMILES string of the molecule is CCCC(C)(O)CNS(=O)(=O)c1cc(Cl)cc(N)c1C. The number of nitrogen functional groups attached to an aromatic ring is 1. The molecule has 4 N–H and O–H groups in total. The molecule has 1 aromatic carbocycles. The van der Waals surface area contributed by atoms with E-state index in [0.29, 0.717) is 17.7 Å². The van der Waals surface area contributed by atoms with Gasteiger partial charge in [-0.3, -0.25) is 0 Å². The van der Waals surface area contributed by atoms with Gasteiger partial charge in [0.1, 0.15) is 0 Å². The zero-order valence-corrected chi connectivity index (χ0v) is 13.5. The number of hydrogen-bond donors (Lipinski definition) is 3. The minimum atomic E-state index is -3.76. The topological polar surface area (TPSA) is 92.4 Å². The van der Waals surface area contributed by atoms with Gasteiger partial charge in [-0.2, -0.15) is 0 Å². The fourth-order valence-electron chi connectivity index (χ4n) is 1.91. The monoisotopic (exact) mass is 320 g/mol. The summed E-state index contributed by atoms with van der Waals surface area (Å²) in [5, 5.41) is 10.3. The molecule has 0 bridgehead atoms. The highest BCUT2D eigenvalue weighted by molar-refractivity contribution is 7.89. The first-order chi connectivity index (χ1) is 9.09. The molecule has 0 aliphatic carbocycles. The smallest absolute Gasteiger partial charge is 0.241 e. The number of nitrogens with two attached hydrogens (primary N) is 1. The predicted molar refractivity (Wildman–Crippen MR) is 81.3 cm³/mol. The maximum atomic E-state index is 12.3. The summed E-state index contributed by atoms with van der Waals surface area (Å²) >= 11 is 5.85. The molecule has 1 unspecified atom stereocenters. The van der Waals surface area contributed by atoms with E-state index < -0.39 is 15.6 Å². The van der Waals surface area contributed by atoms with Crippen LogP contribution in [-0.4, -0.2) is 25.7 Å². The van der Waals surface area contributed by atoms with E-state index in [2.05, 4.69) is 4.72 Å². The van der Waals surface area contributed by atoms with Crippen LogP contribution in [0.25, 0.3) is 0 Å². The summed E-state index contributed by atoms with van der Waals surface area (Å²) in [6, 6.07) is 2.85. The molecule has 0 saturated heterocycles. The van der Waals surface area contributed by atoms with Crippen molar-refractivity contribution in [3.63, 3.8) is 0 Å². The highest BCUT2D eigenvalue weighted by Gasteiger charge is 2.25. The van der Waals surface area contributed by atoms with E-state index in [1.54, 1.807) is 13.8 Å². The minimum Gasteiger partial charge on any atom is -0.398 e. The van der Waals surface area contributed by atoms with Crippen molar-refractivity contribution in [1.82, 2.24) is 4.72 Å². The van der Waals surface area contributed by atoms with Gasteiger partial charge in [0, 0.05) is 17.3 Å². The second-order valence-corrected chi connectivity index (χ2v) is 7.36. The van der Waals surface area contributed by atoms with Gasteiger partial charge in [-0.1, -0.05) is 24.9 Å². The average Bonchev–Trinajstić information content (AvgIpc) is 2.31. The molecule has 114 valence electrons. The van der Waals surface area contributed by atoms with E-state index >= 15 is 0 Å². The number of halogens is 1. The summed E-state index contributed by atoms with van der Waals surface area (Å²) in [5.74, 6) is 0. The molecular weight excluding hydrogens is 300 g/mol. The van der Waals surface area contributed by atoms with Gasteiger partial charge in [-0.15, -0.1) is 0 Å². The van der Waals surface area contributed by atoms with E-state index in [4.69, 9.17) is 17.3 Å². The van der Waals surface area contributed by atoms with Crippen LogP contribution in [-0.2, 0) is 10.0 Å². The molecule has 1 atom stereocenters. The minimum absolute atomic E-state index is 0.0369. The quantitative estimate of drug-likeness (QED) is 0.699. The van der Waals surface area contributed by atoms with Crippen molar-refractivity contribution in [3.05, 3.63) is 22.7 Å². The van der Waals surface area contributed by atoms with Crippen molar-refractivity contribution >= 4 is 27.3 Å². The zero-order chi connectivity index (χ0) is 15.6. The van der Waals surface area contributed by atoms with Crippen LogP contribution < -0.4 is 10.5 Å². The van der Waals surface area contributed by atoms with E-state index in [-0.39, 0.29) is 16.5 Å². The van der Waals surface area contributed by atoms with Crippen LogP contribution in [0.1, 0.15) is 32.3 Å². The molecule has 0 amide bonds. The summed E-state index contributed by atoms with van der Waals surface area (Å²) in [6.07, 6.45) is 1.27. The Labute approximate surface area is 125 Å². The van der Waals surface area contributed by atoms with Crippen LogP contribution in [0.15, 0.2) is 17.0 Å². The van der Waals surface area contributed by atoms with Crippen LogP contribution >= 0.6 is 11.6 Å². The molecule has 0 spiro atoms. The first kappa shape index (κ1) is 17.2. The second-order valence-electron chi connectivity index (χ2n) is 5.19. The Bertz CT molecular complexity index is 586. The average molecular weight is 321 g/mol. The lowest BCUT2D eigenvalue weighted by molar-refractivity contribution is 0.0554. The summed E-state index contributed by atoms with van der Waals surface area (Å²) < 4.78 is 26.9. The maximum absolute atomic E-state index is 12.3. The van der Waals surface area contributed by atoms with Crippen LogP contribution in [0.5, 0.6) is 0 Å². The number of rotatable bonds is 6. The molecule has 7 heteroatoms. The molecule has 5 nitrogen and oxygen atoms in total. The molecule has 0 saturated carbocycles. The van der Waals surface area contributed by atoms with E-state index in [1.165, 1.54) is 12.1 Å². The van der Waals surface area contributed by atoms with Crippen molar-refractivity contribution in [1.29, 1.82) is 0 Å². The molecular formula is C13H21ClN2O3S. The number of benzene rings is 1. The molecule has 1 aromatic rings. The normalized spacial score (nSPS) is 15.1. The van der Waals surface area contributed by atoms with Gasteiger partial charge in [0.15, 0.2) is 0 Å². The van der Waals surface area contributed by atoms with Crippen LogP contribution in [0.3, 0.4) is 0 Å². The number of hydrogen-bond acceptors (Lipinski definition) is 4. The molecule has 0 aromatic heterocycles. The first-order valence-corrected chi connectivity index (χ1v) is 8.23. The van der Waals surface area contributed by atoms with Gasteiger partial charge >= 0.3 is 0 Å². The standard InChI is InChI=1S/C13H21ClN2O3S/c1-4-5-13(3,17)8-16-20(18,19)12-7-10(14)6-11(15)9(12)2/h6-7,16-17H,4-5,8,15H2,1-3H3. The van der Waals surface area contributed by atoms with Crippen molar-refractivity contribution in [3.8, 4) is 0 Å². The third kappa shape index (κ3) is 4.34. The van der Waals surface area contributed by atoms with Gasteiger partial charge in [-0.25, -0.2) is 13.1 Å². The summed E-state index contributed by atoms with van der Waals surface area (Å²) in [5.41, 5.74) is 5.40. The van der Waals surface area contributed by atoms with E-state index in [1.807, 2.05) is 6.92 Å². The Balaban J connectivity index is 3.01. The molecule has 0 heterocycles. The Kier molecular flexibility index (Phi) is 5.43. The summed E-state index contributed by atoms with van der Waals surface area (Å²) in [7, 11) is -3.76. The number of nitrogens with one attached hydrogen (secondary N) is 1. The third-order valence-corrected chi connectivity index (χ3v) is 4.83. The van der Waals surface area contributed by atoms with Crippen molar-refractivity contribution in [2.75, 3.05) is 12.3 Å². The summed E-state index contributed by atoms with van der Waals surface area (Å²) in [4.78, 5) is 0.0369. The molecule has 0 aliphatic rings. The highest BCUT2D eigenvalue weighted by Crippen LogP contribution is 2.26. The van der Waals surface area contributed by atoms with Crippen molar-refractivity contribution in [2.24, 2.45) is 0 Å². The lowest BCUT2D eigenvalue weighted by Gasteiger charge is -2.23. The van der Waals surface area contributed by atoms with Gasteiger partial charge in [0.25, 0.3) is 0 Å². The van der Waals surface area contributed by atoms with Crippen LogP contribution in [0, 0.1) is 6.92 Å². The highest BCUT2D eigenvalue weighted by atomic mass is 35.5. The molecule has 0 aliphatic heterocycles. The first-order valence-electron chi connectivity index (χ1n) is 6.37. The number of sulfonamides is 1. The zero-order valence-electron chi connectivity index (χ0n) is 11.9. The van der Waals surface area contributed by atoms with Gasteiger partial charge < -0.3 is 10.8 Å². The molecule has 0 fully saturated rings. The van der Waals surface area contributed by atoms with Gasteiger partial charge in [0.2, 0.25) is 10.0 Å². The largest absolute Gasteiger partial charge is 0.398 e. The number of anilines is 1. The van der Waals surface area contributed by atoms with Crippen molar-refractivity contribution < 1.29 is 13.5 Å². The lowest BCUT2D eigenvalue weighted by atomic mass is 10.0. The van der Waals surface area contributed by atoms with Gasteiger partial charge in [-0.05, 0) is 38.0 Å². The fraction of sp³-hybridized carbons (Fsp3) is 0.538. The Morgan fingerprint density at radius 3 is 2.60 bits per heavy atom. The Morgan fingerprint density at radius 2 is 2.05 bits per heavy atom. The lowest BCUT2D eigenvalue weighted by Crippen LogP contribution is -2.40.